The molecule has 2 aliphatic rings. The minimum atomic E-state index is 0. The Kier molecular flexibility index (Phi) is 7.14. The Morgan fingerprint density at radius 1 is 1.20 bits per heavy atom. The molecule has 2 saturated heterocycles. The molecule has 0 spiro atoms. The molecular formula is C20H31ClN2O2. The maximum absolute atomic E-state index is 12.7. The third-order valence-electron chi connectivity index (χ3n) is 5.36. The third-order valence-corrected chi connectivity index (χ3v) is 5.36. The van der Waals surface area contributed by atoms with Crippen molar-refractivity contribution in [2.45, 2.75) is 58.6 Å². The maximum Gasteiger partial charge on any atom is 0.225 e. The molecule has 1 N–H and O–H groups in total. The summed E-state index contributed by atoms with van der Waals surface area (Å²) >= 11 is 0. The van der Waals surface area contributed by atoms with E-state index in [-0.39, 0.29) is 24.4 Å². The summed E-state index contributed by atoms with van der Waals surface area (Å²) in [5, 5.41) is 3.42. The maximum atomic E-state index is 12.7. The van der Waals surface area contributed by atoms with Gasteiger partial charge in [-0.15, -0.1) is 12.4 Å². The minimum Gasteiger partial charge on any atom is -0.490 e. The van der Waals surface area contributed by atoms with Gasteiger partial charge in [-0.25, -0.2) is 0 Å². The van der Waals surface area contributed by atoms with Gasteiger partial charge in [0.15, 0.2) is 0 Å². The number of carbonyl (C=O) groups is 1. The second-order valence-corrected chi connectivity index (χ2v) is 7.49. The number of ether oxygens (including phenoxy) is 1. The zero-order valence-corrected chi connectivity index (χ0v) is 16.4. The van der Waals surface area contributed by atoms with Crippen molar-refractivity contribution in [1.82, 2.24) is 10.2 Å². The molecule has 0 radical (unpaired) electrons. The number of amides is 1. The van der Waals surface area contributed by atoms with Crippen LogP contribution in [-0.2, 0) is 4.79 Å². The summed E-state index contributed by atoms with van der Waals surface area (Å²) in [6, 6.07) is 6.80. The fourth-order valence-corrected chi connectivity index (χ4v) is 3.82. The van der Waals surface area contributed by atoms with Gasteiger partial charge in [-0.3, -0.25) is 4.79 Å². The number of benzene rings is 1. The molecule has 5 heteroatoms. The van der Waals surface area contributed by atoms with Crippen LogP contribution in [0.1, 0.15) is 43.7 Å². The highest BCUT2D eigenvalue weighted by atomic mass is 35.5. The Hall–Kier alpha value is -1.26. The van der Waals surface area contributed by atoms with Crippen molar-refractivity contribution in [1.29, 1.82) is 0 Å². The number of likely N-dealkylation sites (tertiary alicyclic amines) is 1. The molecule has 2 aliphatic heterocycles. The second kappa shape index (κ2) is 8.91. The summed E-state index contributed by atoms with van der Waals surface area (Å²) in [4.78, 5) is 14.8. The van der Waals surface area contributed by atoms with Crippen LogP contribution in [0.15, 0.2) is 18.2 Å². The first kappa shape index (κ1) is 20.1. The van der Waals surface area contributed by atoms with E-state index in [4.69, 9.17) is 4.74 Å². The van der Waals surface area contributed by atoms with Crippen LogP contribution in [0.25, 0.3) is 0 Å². The summed E-state index contributed by atoms with van der Waals surface area (Å²) in [5.41, 5.74) is 2.41. The third kappa shape index (κ3) is 5.11. The quantitative estimate of drug-likeness (QED) is 0.890. The van der Waals surface area contributed by atoms with Crippen LogP contribution in [0.2, 0.25) is 0 Å². The molecule has 1 aromatic carbocycles. The van der Waals surface area contributed by atoms with Crippen LogP contribution in [0.4, 0.5) is 0 Å². The highest BCUT2D eigenvalue weighted by molar-refractivity contribution is 5.85. The molecule has 25 heavy (non-hydrogen) atoms. The Morgan fingerprint density at radius 3 is 2.60 bits per heavy atom. The lowest BCUT2D eigenvalue weighted by Crippen LogP contribution is -2.48. The molecule has 1 aromatic rings. The van der Waals surface area contributed by atoms with Gasteiger partial charge in [0, 0.05) is 37.9 Å². The minimum absolute atomic E-state index is 0. The lowest BCUT2D eigenvalue weighted by molar-refractivity contribution is -0.138. The van der Waals surface area contributed by atoms with Gasteiger partial charge in [-0.05, 0) is 57.4 Å². The van der Waals surface area contributed by atoms with Crippen molar-refractivity contribution in [2.24, 2.45) is 5.92 Å². The summed E-state index contributed by atoms with van der Waals surface area (Å²) in [5.74, 6) is 1.55. The molecule has 140 valence electrons. The zero-order valence-electron chi connectivity index (χ0n) is 15.6. The Labute approximate surface area is 157 Å². The Balaban J connectivity index is 0.00000225. The lowest BCUT2D eigenvalue weighted by atomic mass is 9.91. The number of rotatable bonds is 3. The predicted molar refractivity (Wildman–Crippen MR) is 104 cm³/mol. The highest BCUT2D eigenvalue weighted by Crippen LogP contribution is 2.26. The van der Waals surface area contributed by atoms with E-state index < -0.39 is 0 Å². The molecule has 0 aliphatic carbocycles. The second-order valence-electron chi connectivity index (χ2n) is 7.49. The molecule has 1 amide bonds. The van der Waals surface area contributed by atoms with Crippen molar-refractivity contribution in [2.75, 3.05) is 19.6 Å². The van der Waals surface area contributed by atoms with E-state index in [2.05, 4.69) is 49.2 Å². The van der Waals surface area contributed by atoms with Gasteiger partial charge in [-0.1, -0.05) is 12.1 Å². The molecule has 0 aromatic heterocycles. The summed E-state index contributed by atoms with van der Waals surface area (Å²) in [6.07, 6.45) is 4.03. The molecule has 2 fully saturated rings. The first-order valence-electron chi connectivity index (χ1n) is 9.29. The monoisotopic (exact) mass is 366 g/mol. The van der Waals surface area contributed by atoms with E-state index in [9.17, 15) is 4.79 Å². The molecular weight excluding hydrogens is 336 g/mol. The van der Waals surface area contributed by atoms with Crippen LogP contribution in [0, 0.1) is 19.8 Å². The fourth-order valence-electron chi connectivity index (χ4n) is 3.82. The van der Waals surface area contributed by atoms with Gasteiger partial charge in [0.25, 0.3) is 0 Å². The molecule has 0 bridgehead atoms. The average molecular weight is 367 g/mol. The predicted octanol–water partition coefficient (Wildman–Crippen LogP) is 3.48. The lowest BCUT2D eigenvalue weighted by Gasteiger charge is -2.36. The average Bonchev–Trinajstić information content (AvgIpc) is 2.58. The number of nitrogens with one attached hydrogen (secondary N) is 1. The largest absolute Gasteiger partial charge is 0.490 e. The zero-order chi connectivity index (χ0) is 17.1. The number of hydrogen-bond donors (Lipinski definition) is 1. The number of hydrogen-bond acceptors (Lipinski definition) is 3. The Morgan fingerprint density at radius 2 is 1.92 bits per heavy atom. The van der Waals surface area contributed by atoms with Gasteiger partial charge in [0.2, 0.25) is 5.91 Å². The molecule has 2 heterocycles. The van der Waals surface area contributed by atoms with E-state index in [0.29, 0.717) is 11.9 Å². The van der Waals surface area contributed by atoms with E-state index in [0.717, 1.165) is 51.1 Å². The van der Waals surface area contributed by atoms with Crippen molar-refractivity contribution in [3.05, 3.63) is 29.3 Å². The van der Waals surface area contributed by atoms with Gasteiger partial charge in [0.1, 0.15) is 11.9 Å². The molecule has 3 rings (SSSR count). The number of piperidine rings is 2. The van der Waals surface area contributed by atoms with E-state index >= 15 is 0 Å². The van der Waals surface area contributed by atoms with Crippen LogP contribution in [0.3, 0.4) is 0 Å². The van der Waals surface area contributed by atoms with Crippen molar-refractivity contribution >= 4 is 18.3 Å². The number of aryl methyl sites for hydroxylation is 2. The first-order valence-corrected chi connectivity index (χ1v) is 9.29. The molecule has 4 nitrogen and oxygen atoms in total. The summed E-state index contributed by atoms with van der Waals surface area (Å²) < 4.78 is 6.21. The van der Waals surface area contributed by atoms with Crippen LogP contribution < -0.4 is 10.1 Å². The van der Waals surface area contributed by atoms with Crippen LogP contribution >= 0.6 is 12.4 Å². The fraction of sp³-hybridized carbons (Fsp3) is 0.650. The van der Waals surface area contributed by atoms with Gasteiger partial charge in [0.05, 0.1) is 0 Å². The summed E-state index contributed by atoms with van der Waals surface area (Å²) in [7, 11) is 0. The standard InChI is InChI=1S/C20H30N2O2.ClH/c1-14-4-5-15(2)19(12-14)24-18-7-10-22(11-8-18)20(23)17-6-9-21-16(3)13-17;/h4-5,12,16-18,21H,6-11,13H2,1-3H3;1H/t16-,17-;/m0./s1. The van der Waals surface area contributed by atoms with Crippen molar-refractivity contribution in [3.8, 4) is 5.75 Å². The first-order chi connectivity index (χ1) is 11.5. The number of halogens is 1. The number of carbonyl (C=O) groups excluding carboxylic acids is 1. The smallest absolute Gasteiger partial charge is 0.225 e. The summed E-state index contributed by atoms with van der Waals surface area (Å²) in [6.45, 7) is 8.96. The topological polar surface area (TPSA) is 41.6 Å². The number of nitrogens with zero attached hydrogens (tertiary/aromatic N) is 1. The van der Waals surface area contributed by atoms with Crippen LogP contribution in [-0.4, -0.2) is 42.6 Å². The van der Waals surface area contributed by atoms with Gasteiger partial charge >= 0.3 is 0 Å². The normalized spacial score (nSPS) is 24.5. The van der Waals surface area contributed by atoms with E-state index in [1.807, 2.05) is 0 Å². The van der Waals surface area contributed by atoms with E-state index in [1.165, 1.54) is 11.1 Å². The molecule has 0 saturated carbocycles. The molecule has 2 atom stereocenters. The SMILES string of the molecule is Cc1ccc(C)c(OC2CCN(C(=O)[C@H]3CCN[C@@H](C)C3)CC2)c1.Cl. The van der Waals surface area contributed by atoms with Gasteiger partial charge < -0.3 is 15.0 Å². The Bertz CT molecular complexity index is 585. The van der Waals surface area contributed by atoms with Crippen molar-refractivity contribution < 1.29 is 9.53 Å². The van der Waals surface area contributed by atoms with Crippen molar-refractivity contribution in [3.63, 3.8) is 0 Å². The van der Waals surface area contributed by atoms with Crippen LogP contribution in [0.5, 0.6) is 5.75 Å². The highest BCUT2D eigenvalue weighted by Gasteiger charge is 2.31. The van der Waals surface area contributed by atoms with E-state index in [1.54, 1.807) is 0 Å². The van der Waals surface area contributed by atoms with Gasteiger partial charge in [-0.2, -0.15) is 0 Å². The molecule has 0 unspecified atom stereocenters.